The zero-order valence-corrected chi connectivity index (χ0v) is 11.2. The fourth-order valence-electron chi connectivity index (χ4n) is 1.12. The van der Waals surface area contributed by atoms with Crippen molar-refractivity contribution < 1.29 is 9.53 Å². The van der Waals surface area contributed by atoms with E-state index in [4.69, 9.17) is 39.5 Å². The SMILES string of the molecule is CC(C)CC(=O)Oc1c(Cl)cc(Cl)cc1Cl. The van der Waals surface area contributed by atoms with Gasteiger partial charge in [0.15, 0.2) is 5.75 Å². The standard InChI is InChI=1S/C11H11Cl3O2/c1-6(2)3-10(15)16-11-8(13)4-7(12)5-9(11)14/h4-6H,3H2,1-2H3. The molecule has 0 fully saturated rings. The van der Waals surface area contributed by atoms with Crippen LogP contribution in [0.15, 0.2) is 12.1 Å². The molecule has 0 N–H and O–H groups in total. The molecule has 0 heterocycles. The molecule has 0 bridgehead atoms. The summed E-state index contributed by atoms with van der Waals surface area (Å²) in [5.41, 5.74) is 0. The van der Waals surface area contributed by atoms with Crippen molar-refractivity contribution in [2.45, 2.75) is 20.3 Å². The first kappa shape index (κ1) is 13.6. The molecule has 0 aliphatic rings. The van der Waals surface area contributed by atoms with Crippen molar-refractivity contribution in [1.82, 2.24) is 0 Å². The van der Waals surface area contributed by atoms with Crippen LogP contribution < -0.4 is 4.74 Å². The second-order valence-electron chi connectivity index (χ2n) is 3.77. The highest BCUT2D eigenvalue weighted by Crippen LogP contribution is 2.36. The average Bonchev–Trinajstić information content (AvgIpc) is 2.09. The highest BCUT2D eigenvalue weighted by atomic mass is 35.5. The summed E-state index contributed by atoms with van der Waals surface area (Å²) in [6.07, 6.45) is 0.315. The van der Waals surface area contributed by atoms with Gasteiger partial charge in [0.2, 0.25) is 0 Å². The number of carbonyl (C=O) groups excluding carboxylic acids is 1. The number of rotatable bonds is 3. The van der Waals surface area contributed by atoms with Gasteiger partial charge in [-0.3, -0.25) is 4.79 Å². The molecule has 1 rings (SSSR count). The van der Waals surface area contributed by atoms with E-state index in [1.165, 1.54) is 12.1 Å². The van der Waals surface area contributed by atoms with E-state index < -0.39 is 0 Å². The Balaban J connectivity index is 2.85. The third-order valence-corrected chi connectivity index (χ3v) is 2.53. The number of esters is 1. The van der Waals surface area contributed by atoms with Gasteiger partial charge in [-0.2, -0.15) is 0 Å². The highest BCUT2D eigenvalue weighted by Gasteiger charge is 2.14. The van der Waals surface area contributed by atoms with E-state index in [1.807, 2.05) is 13.8 Å². The fraction of sp³-hybridized carbons (Fsp3) is 0.364. The van der Waals surface area contributed by atoms with Crippen LogP contribution in [-0.2, 0) is 4.79 Å². The van der Waals surface area contributed by atoms with Crippen LogP contribution in [0.5, 0.6) is 5.75 Å². The molecule has 0 aromatic heterocycles. The Hall–Kier alpha value is -0.440. The van der Waals surface area contributed by atoms with Gasteiger partial charge < -0.3 is 4.74 Å². The van der Waals surface area contributed by atoms with E-state index in [1.54, 1.807) is 0 Å². The molecule has 0 unspecified atom stereocenters. The van der Waals surface area contributed by atoms with Crippen molar-refractivity contribution in [3.05, 3.63) is 27.2 Å². The Morgan fingerprint density at radius 3 is 2.19 bits per heavy atom. The number of carbonyl (C=O) groups is 1. The molecule has 0 aliphatic heterocycles. The summed E-state index contributed by atoms with van der Waals surface area (Å²) in [5.74, 6) is 0.0249. The Morgan fingerprint density at radius 1 is 1.25 bits per heavy atom. The molecular formula is C11H11Cl3O2. The van der Waals surface area contributed by atoms with Crippen molar-refractivity contribution in [3.63, 3.8) is 0 Å². The summed E-state index contributed by atoms with van der Waals surface area (Å²) >= 11 is 17.5. The molecule has 0 atom stereocenters. The van der Waals surface area contributed by atoms with Crippen molar-refractivity contribution in [1.29, 1.82) is 0 Å². The molecule has 16 heavy (non-hydrogen) atoms. The second kappa shape index (κ2) is 5.76. The predicted molar refractivity (Wildman–Crippen MR) is 66.6 cm³/mol. The van der Waals surface area contributed by atoms with Crippen molar-refractivity contribution in [2.24, 2.45) is 5.92 Å². The van der Waals surface area contributed by atoms with Crippen LogP contribution in [0.4, 0.5) is 0 Å². The fourth-order valence-corrected chi connectivity index (χ4v) is 2.01. The summed E-state index contributed by atoms with van der Waals surface area (Å²) < 4.78 is 5.08. The molecule has 0 aliphatic carbocycles. The summed E-state index contributed by atoms with van der Waals surface area (Å²) in [4.78, 5) is 11.4. The van der Waals surface area contributed by atoms with Crippen LogP contribution in [0.1, 0.15) is 20.3 Å². The lowest BCUT2D eigenvalue weighted by Gasteiger charge is -2.09. The van der Waals surface area contributed by atoms with Gasteiger partial charge >= 0.3 is 5.97 Å². The lowest BCUT2D eigenvalue weighted by atomic mass is 10.1. The van der Waals surface area contributed by atoms with Gasteiger partial charge in [-0.25, -0.2) is 0 Å². The summed E-state index contributed by atoms with van der Waals surface area (Å²) in [5, 5.41) is 0.864. The third-order valence-electron chi connectivity index (χ3n) is 1.75. The molecule has 0 saturated carbocycles. The minimum Gasteiger partial charge on any atom is -0.423 e. The highest BCUT2D eigenvalue weighted by molar-refractivity contribution is 6.40. The Morgan fingerprint density at radius 2 is 1.75 bits per heavy atom. The lowest BCUT2D eigenvalue weighted by molar-refractivity contribution is -0.135. The average molecular weight is 282 g/mol. The lowest BCUT2D eigenvalue weighted by Crippen LogP contribution is -2.11. The third kappa shape index (κ3) is 3.85. The topological polar surface area (TPSA) is 26.3 Å². The summed E-state index contributed by atoms with van der Waals surface area (Å²) in [6.45, 7) is 3.85. The monoisotopic (exact) mass is 280 g/mol. The Bertz CT molecular complexity index is 379. The summed E-state index contributed by atoms with van der Waals surface area (Å²) in [7, 11) is 0. The van der Waals surface area contributed by atoms with Crippen LogP contribution in [0, 0.1) is 5.92 Å². The summed E-state index contributed by atoms with van der Waals surface area (Å²) in [6, 6.07) is 2.96. The molecule has 2 nitrogen and oxygen atoms in total. The van der Waals surface area contributed by atoms with Gasteiger partial charge in [-0.1, -0.05) is 48.7 Å². The zero-order valence-electron chi connectivity index (χ0n) is 8.89. The Kier molecular flexibility index (Phi) is 4.90. The van der Waals surface area contributed by atoms with Crippen LogP contribution >= 0.6 is 34.8 Å². The molecule has 0 radical (unpaired) electrons. The van der Waals surface area contributed by atoms with Crippen LogP contribution in [0.2, 0.25) is 15.1 Å². The molecule has 0 spiro atoms. The van der Waals surface area contributed by atoms with Gasteiger partial charge in [-0.15, -0.1) is 0 Å². The zero-order chi connectivity index (χ0) is 12.3. The van der Waals surface area contributed by atoms with E-state index in [0.29, 0.717) is 11.4 Å². The molecule has 88 valence electrons. The van der Waals surface area contributed by atoms with E-state index in [-0.39, 0.29) is 27.7 Å². The van der Waals surface area contributed by atoms with Crippen LogP contribution in [0.25, 0.3) is 0 Å². The molecular weight excluding hydrogens is 270 g/mol. The quantitative estimate of drug-likeness (QED) is 0.598. The number of benzene rings is 1. The van der Waals surface area contributed by atoms with Gasteiger partial charge in [0.05, 0.1) is 10.0 Å². The molecule has 0 saturated heterocycles. The van der Waals surface area contributed by atoms with E-state index in [0.717, 1.165) is 0 Å². The first-order valence-electron chi connectivity index (χ1n) is 4.75. The molecule has 1 aromatic carbocycles. The van der Waals surface area contributed by atoms with E-state index in [2.05, 4.69) is 0 Å². The van der Waals surface area contributed by atoms with Crippen LogP contribution in [0.3, 0.4) is 0 Å². The largest absolute Gasteiger partial charge is 0.423 e. The number of halogens is 3. The van der Waals surface area contributed by atoms with Crippen LogP contribution in [-0.4, -0.2) is 5.97 Å². The van der Waals surface area contributed by atoms with Gasteiger partial charge in [0.25, 0.3) is 0 Å². The van der Waals surface area contributed by atoms with Gasteiger partial charge in [0, 0.05) is 11.4 Å². The maximum atomic E-state index is 11.4. The minimum absolute atomic E-state index is 0.165. The molecule has 5 heteroatoms. The van der Waals surface area contributed by atoms with Crippen molar-refractivity contribution in [2.75, 3.05) is 0 Å². The van der Waals surface area contributed by atoms with E-state index in [9.17, 15) is 4.79 Å². The first-order valence-corrected chi connectivity index (χ1v) is 5.88. The number of hydrogen-bond donors (Lipinski definition) is 0. The minimum atomic E-state index is -0.360. The van der Waals surface area contributed by atoms with E-state index >= 15 is 0 Å². The Labute approximate surface area is 109 Å². The second-order valence-corrected chi connectivity index (χ2v) is 5.02. The number of ether oxygens (including phenoxy) is 1. The molecule has 1 aromatic rings. The van der Waals surface area contributed by atoms with Crippen molar-refractivity contribution in [3.8, 4) is 5.75 Å². The maximum Gasteiger partial charge on any atom is 0.311 e. The maximum absolute atomic E-state index is 11.4. The number of hydrogen-bond acceptors (Lipinski definition) is 2. The van der Waals surface area contributed by atoms with Gasteiger partial charge in [-0.05, 0) is 18.1 Å². The normalized spacial score (nSPS) is 10.6. The van der Waals surface area contributed by atoms with Crippen molar-refractivity contribution >= 4 is 40.8 Å². The smallest absolute Gasteiger partial charge is 0.311 e. The molecule has 0 amide bonds. The predicted octanol–water partition coefficient (Wildman–Crippen LogP) is 4.60. The first-order chi connectivity index (χ1) is 7.40. The van der Waals surface area contributed by atoms with Gasteiger partial charge in [0.1, 0.15) is 0 Å².